The third kappa shape index (κ3) is 3.93. The summed E-state index contributed by atoms with van der Waals surface area (Å²) in [4.78, 5) is 63.2. The van der Waals surface area contributed by atoms with E-state index < -0.39 is 35.3 Å². The SMILES string of the molecule is C#Cc1cccc2c1CN1C(=O)N3Cc4c(OC)ccc(OC)c4CN4C(=O)N(C2)[C@@]1(C(=O)OCC)[C@@]43C(=O)OCC.CC#N. The molecular formula is C32H33N5O8. The summed E-state index contributed by atoms with van der Waals surface area (Å²) in [6.45, 7) is 3.91. The van der Waals surface area contributed by atoms with Gasteiger partial charge in [0, 0.05) is 23.6 Å². The van der Waals surface area contributed by atoms with E-state index in [9.17, 15) is 19.2 Å². The number of fused-ring (bicyclic) bond motifs is 2. The Bertz CT molecular complexity index is 1680. The highest BCUT2D eigenvalue weighted by atomic mass is 16.6. The summed E-state index contributed by atoms with van der Waals surface area (Å²) < 4.78 is 22.5. The van der Waals surface area contributed by atoms with Crippen LogP contribution in [0.4, 0.5) is 9.59 Å². The Morgan fingerprint density at radius 2 is 1.22 bits per heavy atom. The van der Waals surface area contributed by atoms with E-state index in [2.05, 4.69) is 5.92 Å². The Morgan fingerprint density at radius 3 is 1.62 bits per heavy atom. The number of esters is 2. The van der Waals surface area contributed by atoms with Gasteiger partial charge in [0.15, 0.2) is 0 Å². The summed E-state index contributed by atoms with van der Waals surface area (Å²) in [6, 6.07) is 9.07. The first-order valence-corrected chi connectivity index (χ1v) is 14.3. The molecule has 2 aromatic carbocycles. The van der Waals surface area contributed by atoms with E-state index in [1.165, 1.54) is 40.7 Å². The first-order chi connectivity index (χ1) is 21.7. The second-order valence-electron chi connectivity index (χ2n) is 10.4. The van der Waals surface area contributed by atoms with Crippen LogP contribution in [0, 0.1) is 23.7 Å². The zero-order chi connectivity index (χ0) is 32.7. The van der Waals surface area contributed by atoms with Crippen molar-refractivity contribution in [2.24, 2.45) is 0 Å². The molecule has 4 aliphatic heterocycles. The van der Waals surface area contributed by atoms with Crippen molar-refractivity contribution in [3.8, 4) is 29.9 Å². The van der Waals surface area contributed by atoms with Crippen molar-refractivity contribution < 1.29 is 38.1 Å². The summed E-state index contributed by atoms with van der Waals surface area (Å²) in [5.74, 6) is 1.64. The van der Waals surface area contributed by atoms with Gasteiger partial charge in [-0.25, -0.2) is 19.2 Å². The minimum absolute atomic E-state index is 0.0615. The lowest BCUT2D eigenvalue weighted by atomic mass is 9.90. The number of hydrogen-bond acceptors (Lipinski definition) is 9. The van der Waals surface area contributed by atoms with E-state index >= 15 is 0 Å². The van der Waals surface area contributed by atoms with E-state index in [1.807, 2.05) is 0 Å². The molecule has 0 N–H and O–H groups in total. The third-order valence-corrected chi connectivity index (χ3v) is 8.58. The summed E-state index contributed by atoms with van der Waals surface area (Å²) in [5.41, 5.74) is -1.67. The predicted octanol–water partition coefficient (Wildman–Crippen LogP) is 2.94. The molecular weight excluding hydrogens is 582 g/mol. The minimum Gasteiger partial charge on any atom is -0.496 e. The smallest absolute Gasteiger partial charge is 0.358 e. The maximum atomic E-state index is 14.7. The van der Waals surface area contributed by atoms with Crippen molar-refractivity contribution in [2.45, 2.75) is 58.3 Å². The van der Waals surface area contributed by atoms with Crippen LogP contribution < -0.4 is 9.47 Å². The molecule has 4 heterocycles. The van der Waals surface area contributed by atoms with Gasteiger partial charge in [-0.2, -0.15) is 5.26 Å². The van der Waals surface area contributed by atoms with Crippen molar-refractivity contribution in [1.82, 2.24) is 19.6 Å². The van der Waals surface area contributed by atoms with Gasteiger partial charge in [0.2, 0.25) is 0 Å². The summed E-state index contributed by atoms with van der Waals surface area (Å²) in [7, 11) is 2.97. The maximum Gasteiger partial charge on any atom is 0.358 e. The molecule has 2 atom stereocenters. The Morgan fingerprint density at radius 1 is 0.800 bits per heavy atom. The number of rotatable bonds is 6. The summed E-state index contributed by atoms with van der Waals surface area (Å²) in [6.07, 6.45) is 5.83. The molecule has 6 rings (SSSR count). The molecule has 2 fully saturated rings. The van der Waals surface area contributed by atoms with Crippen LogP contribution in [0.5, 0.6) is 11.5 Å². The normalized spacial score (nSPS) is 21.9. The molecule has 0 spiro atoms. The van der Waals surface area contributed by atoms with Crippen LogP contribution in [0.15, 0.2) is 30.3 Å². The van der Waals surface area contributed by atoms with Gasteiger partial charge in [-0.15, -0.1) is 6.42 Å². The number of carbonyl (C=O) groups excluding carboxylic acids is 4. The van der Waals surface area contributed by atoms with Crippen LogP contribution >= 0.6 is 0 Å². The van der Waals surface area contributed by atoms with E-state index in [1.54, 1.807) is 50.2 Å². The largest absolute Gasteiger partial charge is 0.496 e. The van der Waals surface area contributed by atoms with Gasteiger partial charge in [-0.1, -0.05) is 18.1 Å². The number of nitrogens with zero attached hydrogens (tertiary/aromatic N) is 5. The second kappa shape index (κ2) is 11.6. The van der Waals surface area contributed by atoms with E-state index in [0.717, 1.165) is 0 Å². The minimum atomic E-state index is -2.25. The lowest BCUT2D eigenvalue weighted by molar-refractivity contribution is -0.191. The molecule has 13 nitrogen and oxygen atoms in total. The third-order valence-electron chi connectivity index (χ3n) is 8.58. The number of hydrogen-bond donors (Lipinski definition) is 0. The van der Waals surface area contributed by atoms with Gasteiger partial charge in [-0.3, -0.25) is 19.6 Å². The second-order valence-corrected chi connectivity index (χ2v) is 10.4. The molecule has 4 aliphatic rings. The highest BCUT2D eigenvalue weighted by Gasteiger charge is 2.87. The number of benzene rings is 2. The van der Waals surface area contributed by atoms with Gasteiger partial charge in [0.25, 0.3) is 11.3 Å². The number of nitriles is 1. The standard InChI is InChI=1S/C30H30N4O8.C2H3N/c1-6-18-10-9-11-19-14-31-27(37)33-16-21-22(24(40-5)13-12-23(21)39-4)17-34-28(38)32(15-20(18)19)29(31,25(35)41-7-2)30(33,34)26(36)42-8-3;1-2-3/h1,9-13H,7-8,14-17H2,2-5H3;1H3/t29-,30+;/m1./s1. The molecule has 0 bridgehead atoms. The van der Waals surface area contributed by atoms with E-state index in [4.69, 9.17) is 30.6 Å². The van der Waals surface area contributed by atoms with Crippen LogP contribution in [0.2, 0.25) is 0 Å². The van der Waals surface area contributed by atoms with Gasteiger partial charge in [0.05, 0.1) is 59.7 Å². The molecule has 234 valence electrons. The summed E-state index contributed by atoms with van der Waals surface area (Å²) in [5, 5.41) is 7.32. The molecule has 0 unspecified atom stereocenters. The van der Waals surface area contributed by atoms with Gasteiger partial charge in [0.1, 0.15) is 11.5 Å². The Kier molecular flexibility index (Phi) is 7.98. The molecule has 2 saturated heterocycles. The average molecular weight is 616 g/mol. The average Bonchev–Trinajstić information content (AvgIpc) is 3.20. The van der Waals surface area contributed by atoms with E-state index in [0.29, 0.717) is 39.3 Å². The molecule has 13 heteroatoms. The Hall–Kier alpha value is -5.43. The summed E-state index contributed by atoms with van der Waals surface area (Å²) >= 11 is 0. The van der Waals surface area contributed by atoms with Crippen molar-refractivity contribution in [3.63, 3.8) is 0 Å². The molecule has 4 amide bonds. The number of urea groups is 2. The van der Waals surface area contributed by atoms with Crippen molar-refractivity contribution >= 4 is 24.0 Å². The first kappa shape index (κ1) is 31.0. The Labute approximate surface area is 260 Å². The fourth-order valence-electron chi connectivity index (χ4n) is 6.93. The zero-order valence-corrected chi connectivity index (χ0v) is 25.7. The number of ether oxygens (including phenoxy) is 4. The predicted molar refractivity (Wildman–Crippen MR) is 157 cm³/mol. The maximum absolute atomic E-state index is 14.7. The number of carbonyl (C=O) groups is 4. The zero-order valence-electron chi connectivity index (χ0n) is 25.7. The number of terminal acetylenes is 1. The fraction of sp³-hybridized carbons (Fsp3) is 0.406. The highest BCUT2D eigenvalue weighted by molar-refractivity contribution is 6.10. The quantitative estimate of drug-likeness (QED) is 0.354. The van der Waals surface area contributed by atoms with E-state index in [-0.39, 0.29) is 39.4 Å². The highest BCUT2D eigenvalue weighted by Crippen LogP contribution is 2.58. The number of amides is 4. The molecule has 0 saturated carbocycles. The topological polar surface area (TPSA) is 142 Å². The van der Waals surface area contributed by atoms with Crippen molar-refractivity contribution in [1.29, 1.82) is 5.26 Å². The van der Waals surface area contributed by atoms with Gasteiger partial charge < -0.3 is 18.9 Å². The van der Waals surface area contributed by atoms with Crippen LogP contribution in [0.25, 0.3) is 0 Å². The van der Waals surface area contributed by atoms with Gasteiger partial charge >= 0.3 is 24.0 Å². The lowest BCUT2D eigenvalue weighted by Crippen LogP contribution is -2.75. The first-order valence-electron chi connectivity index (χ1n) is 14.3. The Balaban J connectivity index is 0.00000128. The monoisotopic (exact) mass is 615 g/mol. The molecule has 0 aliphatic carbocycles. The van der Waals surface area contributed by atoms with Crippen LogP contribution in [-0.2, 0) is 45.2 Å². The van der Waals surface area contributed by atoms with Crippen LogP contribution in [-0.4, -0.2) is 82.4 Å². The lowest BCUT2D eigenvalue weighted by Gasteiger charge is -2.43. The van der Waals surface area contributed by atoms with Crippen molar-refractivity contribution in [2.75, 3.05) is 27.4 Å². The van der Waals surface area contributed by atoms with Gasteiger partial charge in [-0.05, 0) is 43.2 Å². The molecule has 2 aromatic rings. The molecule has 45 heavy (non-hydrogen) atoms. The van der Waals surface area contributed by atoms with Crippen LogP contribution in [0.3, 0.4) is 0 Å². The fourth-order valence-corrected chi connectivity index (χ4v) is 6.93. The molecule has 0 aromatic heterocycles. The van der Waals surface area contributed by atoms with Crippen molar-refractivity contribution in [3.05, 3.63) is 58.1 Å². The van der Waals surface area contributed by atoms with Crippen LogP contribution in [0.1, 0.15) is 48.6 Å². The number of methoxy groups -OCH3 is 2. The molecule has 0 radical (unpaired) electrons.